The summed E-state index contributed by atoms with van der Waals surface area (Å²) in [5.41, 5.74) is 5.31. The number of anilines is 2. The number of benzene rings is 4. The summed E-state index contributed by atoms with van der Waals surface area (Å²) >= 11 is 0. The third-order valence-electron chi connectivity index (χ3n) is 5.45. The molecule has 0 heterocycles. The Labute approximate surface area is 215 Å². The number of rotatable bonds is 7. The normalized spacial score (nSPS) is 11.1. The maximum absolute atomic E-state index is 13.1. The van der Waals surface area contributed by atoms with E-state index in [0.29, 0.717) is 16.5 Å². The van der Waals surface area contributed by atoms with Gasteiger partial charge in [-0.1, -0.05) is 24.3 Å². The number of primary amides is 1. The standard InChI is InChI=1S/C25H18N4O8S/c26-23(30)16-9-17(11-18(10-16)27-24(31)15-4-1-5-19(12-15)29(33)34)25(32)28-22-6-2-3-14-13-20(38(35,36)37)7-8-21(14)22/h1-13H,(H2,26,30)(H,27,31)(H,28,32)(H,35,36,37). The molecule has 4 aromatic carbocycles. The van der Waals surface area contributed by atoms with Crippen LogP contribution < -0.4 is 16.4 Å². The summed E-state index contributed by atoms with van der Waals surface area (Å²) in [7, 11) is -4.43. The molecule has 0 fully saturated rings. The Bertz CT molecular complexity index is 1750. The van der Waals surface area contributed by atoms with Gasteiger partial charge in [-0.15, -0.1) is 0 Å². The van der Waals surface area contributed by atoms with Crippen molar-refractivity contribution in [1.82, 2.24) is 0 Å². The van der Waals surface area contributed by atoms with E-state index in [1.165, 1.54) is 54.6 Å². The van der Waals surface area contributed by atoms with Gasteiger partial charge in [0.2, 0.25) is 5.91 Å². The molecule has 4 rings (SSSR count). The molecule has 4 aromatic rings. The number of nitrogens with zero attached hydrogens (tertiary/aromatic N) is 1. The molecule has 0 unspecified atom stereocenters. The zero-order valence-corrected chi connectivity index (χ0v) is 20.1. The number of fused-ring (bicyclic) bond motifs is 1. The van der Waals surface area contributed by atoms with Crippen molar-refractivity contribution in [3.05, 3.63) is 106 Å². The number of carbonyl (C=O) groups excluding carboxylic acids is 3. The lowest BCUT2D eigenvalue weighted by molar-refractivity contribution is -0.384. The van der Waals surface area contributed by atoms with Gasteiger partial charge in [0.25, 0.3) is 27.6 Å². The minimum Gasteiger partial charge on any atom is -0.366 e. The topological polar surface area (TPSA) is 199 Å². The van der Waals surface area contributed by atoms with Crippen molar-refractivity contribution in [2.24, 2.45) is 5.73 Å². The summed E-state index contributed by atoms with van der Waals surface area (Å²) in [6, 6.07) is 17.3. The molecule has 192 valence electrons. The molecule has 0 saturated heterocycles. The highest BCUT2D eigenvalue weighted by Gasteiger charge is 2.17. The predicted molar refractivity (Wildman–Crippen MR) is 138 cm³/mol. The molecule has 0 atom stereocenters. The van der Waals surface area contributed by atoms with Gasteiger partial charge in [0.1, 0.15) is 0 Å². The second kappa shape index (κ2) is 10.1. The minimum atomic E-state index is -4.43. The van der Waals surface area contributed by atoms with E-state index in [-0.39, 0.29) is 33.0 Å². The fraction of sp³-hybridized carbons (Fsp3) is 0. The SMILES string of the molecule is NC(=O)c1cc(NC(=O)c2cccc([N+](=O)[O-])c2)cc(C(=O)Nc2cccc3cc(S(=O)(=O)O)ccc23)c1. The third-order valence-corrected chi connectivity index (χ3v) is 6.30. The molecule has 0 spiro atoms. The predicted octanol–water partition coefficient (Wildman–Crippen LogP) is 3.60. The first-order chi connectivity index (χ1) is 17.9. The van der Waals surface area contributed by atoms with Crippen LogP contribution in [0.15, 0.2) is 83.8 Å². The van der Waals surface area contributed by atoms with Crippen LogP contribution in [0.4, 0.5) is 17.1 Å². The van der Waals surface area contributed by atoms with Crippen LogP contribution in [0.2, 0.25) is 0 Å². The minimum absolute atomic E-state index is 0.0188. The van der Waals surface area contributed by atoms with Gasteiger partial charge in [-0.3, -0.25) is 29.1 Å². The molecular weight excluding hydrogens is 516 g/mol. The molecule has 5 N–H and O–H groups in total. The van der Waals surface area contributed by atoms with E-state index >= 15 is 0 Å². The Morgan fingerprint density at radius 1 is 0.816 bits per heavy atom. The Hall–Kier alpha value is -5.14. The van der Waals surface area contributed by atoms with Crippen LogP contribution in [0.25, 0.3) is 10.8 Å². The fourth-order valence-corrected chi connectivity index (χ4v) is 4.18. The monoisotopic (exact) mass is 534 g/mol. The number of nitro benzene ring substituents is 1. The molecule has 38 heavy (non-hydrogen) atoms. The van der Waals surface area contributed by atoms with Gasteiger partial charge in [-0.05, 0) is 47.9 Å². The molecule has 0 aromatic heterocycles. The van der Waals surface area contributed by atoms with Crippen LogP contribution in [0.3, 0.4) is 0 Å². The molecule has 0 aliphatic rings. The number of amides is 3. The highest BCUT2D eigenvalue weighted by atomic mass is 32.2. The van der Waals surface area contributed by atoms with Crippen LogP contribution in [0.1, 0.15) is 31.1 Å². The van der Waals surface area contributed by atoms with E-state index in [0.717, 1.165) is 6.07 Å². The molecule has 3 amide bonds. The Morgan fingerprint density at radius 2 is 1.50 bits per heavy atom. The quantitative estimate of drug-likeness (QED) is 0.156. The molecule has 0 aliphatic carbocycles. The van der Waals surface area contributed by atoms with Crippen molar-refractivity contribution < 1.29 is 32.3 Å². The van der Waals surface area contributed by atoms with E-state index < -0.39 is 32.8 Å². The van der Waals surface area contributed by atoms with Crippen LogP contribution in [0.5, 0.6) is 0 Å². The Balaban J connectivity index is 1.65. The average Bonchev–Trinajstić information content (AvgIpc) is 2.87. The molecule has 0 aliphatic heterocycles. The van der Waals surface area contributed by atoms with Crippen molar-refractivity contribution in [2.45, 2.75) is 4.90 Å². The summed E-state index contributed by atoms with van der Waals surface area (Å²) in [6.45, 7) is 0. The lowest BCUT2D eigenvalue weighted by atomic mass is 10.1. The second-order valence-corrected chi connectivity index (χ2v) is 9.46. The van der Waals surface area contributed by atoms with E-state index in [4.69, 9.17) is 5.73 Å². The molecule has 12 nitrogen and oxygen atoms in total. The van der Waals surface area contributed by atoms with E-state index in [1.54, 1.807) is 18.2 Å². The van der Waals surface area contributed by atoms with Crippen LogP contribution in [0, 0.1) is 10.1 Å². The van der Waals surface area contributed by atoms with Gasteiger partial charge in [0.15, 0.2) is 0 Å². The summed E-state index contributed by atoms with van der Waals surface area (Å²) in [5, 5.41) is 17.1. The van der Waals surface area contributed by atoms with Crippen molar-refractivity contribution in [2.75, 3.05) is 10.6 Å². The number of hydrogen-bond donors (Lipinski definition) is 4. The van der Waals surface area contributed by atoms with Gasteiger partial charge >= 0.3 is 0 Å². The molecular formula is C25H18N4O8S. The number of nitro groups is 1. The van der Waals surface area contributed by atoms with Crippen molar-refractivity contribution in [1.29, 1.82) is 0 Å². The summed E-state index contributed by atoms with van der Waals surface area (Å²) in [5.74, 6) is -2.26. The maximum atomic E-state index is 13.1. The van der Waals surface area contributed by atoms with Crippen molar-refractivity contribution in [3.8, 4) is 0 Å². The molecule has 0 radical (unpaired) electrons. The lowest BCUT2D eigenvalue weighted by Gasteiger charge is -2.12. The van der Waals surface area contributed by atoms with E-state index in [9.17, 15) is 37.5 Å². The first-order valence-electron chi connectivity index (χ1n) is 10.7. The number of nitrogens with one attached hydrogen (secondary N) is 2. The van der Waals surface area contributed by atoms with Gasteiger partial charge in [-0.2, -0.15) is 8.42 Å². The van der Waals surface area contributed by atoms with Gasteiger partial charge in [0, 0.05) is 45.6 Å². The van der Waals surface area contributed by atoms with E-state index in [1.807, 2.05) is 0 Å². The van der Waals surface area contributed by atoms with Crippen LogP contribution in [-0.4, -0.2) is 35.6 Å². The molecule has 13 heteroatoms. The Morgan fingerprint density at radius 3 is 2.18 bits per heavy atom. The van der Waals surface area contributed by atoms with Crippen molar-refractivity contribution >= 4 is 55.7 Å². The largest absolute Gasteiger partial charge is 0.366 e. The highest BCUT2D eigenvalue weighted by Crippen LogP contribution is 2.27. The summed E-state index contributed by atoms with van der Waals surface area (Å²) in [4.78, 5) is 47.7. The first-order valence-corrected chi connectivity index (χ1v) is 12.2. The average molecular weight is 535 g/mol. The van der Waals surface area contributed by atoms with Crippen molar-refractivity contribution in [3.63, 3.8) is 0 Å². The van der Waals surface area contributed by atoms with Crippen LogP contribution in [-0.2, 0) is 10.1 Å². The molecule has 0 bridgehead atoms. The zero-order valence-electron chi connectivity index (χ0n) is 19.2. The lowest BCUT2D eigenvalue weighted by Crippen LogP contribution is -2.18. The number of nitrogens with two attached hydrogens (primary N) is 1. The third kappa shape index (κ3) is 5.64. The van der Waals surface area contributed by atoms with Gasteiger partial charge in [-0.25, -0.2) is 0 Å². The first kappa shape index (κ1) is 25.9. The summed E-state index contributed by atoms with van der Waals surface area (Å²) in [6.07, 6.45) is 0. The number of hydrogen-bond acceptors (Lipinski definition) is 7. The number of non-ortho nitro benzene ring substituents is 1. The van der Waals surface area contributed by atoms with Crippen LogP contribution >= 0.6 is 0 Å². The second-order valence-electron chi connectivity index (χ2n) is 8.04. The van der Waals surface area contributed by atoms with E-state index in [2.05, 4.69) is 10.6 Å². The van der Waals surface area contributed by atoms with Gasteiger partial charge < -0.3 is 16.4 Å². The maximum Gasteiger partial charge on any atom is 0.294 e. The fourth-order valence-electron chi connectivity index (χ4n) is 3.66. The number of carbonyl (C=O) groups is 3. The Kier molecular flexibility index (Phi) is 6.88. The summed E-state index contributed by atoms with van der Waals surface area (Å²) < 4.78 is 32.2. The van der Waals surface area contributed by atoms with Gasteiger partial charge in [0.05, 0.1) is 9.82 Å². The smallest absolute Gasteiger partial charge is 0.294 e. The highest BCUT2D eigenvalue weighted by molar-refractivity contribution is 7.85. The molecule has 0 saturated carbocycles. The zero-order chi connectivity index (χ0) is 27.6.